The Morgan fingerprint density at radius 3 is 2.25 bits per heavy atom. The van der Waals surface area contributed by atoms with Gasteiger partial charge in [-0.25, -0.2) is 9.86 Å². The molecule has 4 N–H and O–H groups in total. The second-order valence-electron chi connectivity index (χ2n) is 9.33. The molecule has 8 heteroatoms. The normalized spacial score (nSPS) is 19.9. The second kappa shape index (κ2) is 12.7. The highest BCUT2D eigenvalue weighted by molar-refractivity contribution is 7.87. The van der Waals surface area contributed by atoms with Gasteiger partial charge in [0.25, 0.3) is 10.2 Å². The van der Waals surface area contributed by atoms with Crippen LogP contribution in [0.1, 0.15) is 43.7 Å². The molecule has 3 aromatic rings. The maximum Gasteiger partial charge on any atom is 0.274 e. The smallest absolute Gasteiger partial charge is 0.274 e. The van der Waals surface area contributed by atoms with Crippen LogP contribution in [0.2, 0.25) is 0 Å². The van der Waals surface area contributed by atoms with Crippen molar-refractivity contribution in [2.45, 2.75) is 50.6 Å². The van der Waals surface area contributed by atoms with Gasteiger partial charge in [-0.05, 0) is 67.0 Å². The zero-order valence-electron chi connectivity index (χ0n) is 20.7. The first-order chi connectivity index (χ1) is 16.9. The van der Waals surface area contributed by atoms with Gasteiger partial charge in [-0.3, -0.25) is 0 Å². The topological polar surface area (TPSA) is 93.4 Å². The predicted octanol–water partition coefficient (Wildman–Crippen LogP) is 4.94. The minimum atomic E-state index is -3.77. The van der Waals surface area contributed by atoms with E-state index in [9.17, 15) is 8.42 Å². The van der Waals surface area contributed by atoms with Gasteiger partial charge in [-0.2, -0.15) is 8.42 Å². The Bertz CT molecular complexity index is 1200. The lowest BCUT2D eigenvalue weighted by Crippen LogP contribution is -2.47. The van der Waals surface area contributed by atoms with Gasteiger partial charge in [0.1, 0.15) is 5.75 Å². The molecule has 0 heterocycles. The molecule has 1 fully saturated rings. The molecule has 0 aromatic heterocycles. The molecule has 0 bridgehead atoms. The van der Waals surface area contributed by atoms with Crippen LogP contribution in [0.5, 0.6) is 5.75 Å². The van der Waals surface area contributed by atoms with Crippen LogP contribution >= 0.6 is 12.4 Å². The number of hydrogen-bond donors (Lipinski definition) is 3. The Morgan fingerprint density at radius 2 is 1.61 bits per heavy atom. The molecule has 0 aliphatic heterocycles. The molecule has 1 aliphatic rings. The van der Waals surface area contributed by atoms with E-state index in [1.165, 1.54) is 16.7 Å². The lowest BCUT2D eigenvalue weighted by molar-refractivity contribution is 0.244. The maximum atomic E-state index is 11.7. The fourth-order valence-electron chi connectivity index (χ4n) is 4.97. The van der Waals surface area contributed by atoms with Crippen LogP contribution in [-0.2, 0) is 22.2 Å². The summed E-state index contributed by atoms with van der Waals surface area (Å²) in [5.41, 5.74) is 4.47. The molecule has 194 valence electrons. The van der Waals surface area contributed by atoms with Gasteiger partial charge in [-0.1, -0.05) is 66.7 Å². The molecule has 0 atom stereocenters. The quantitative estimate of drug-likeness (QED) is 0.347. The minimum Gasteiger partial charge on any atom is -0.494 e. The monoisotopic (exact) mass is 529 g/mol. The second-order valence-corrected chi connectivity index (χ2v) is 10.7. The van der Waals surface area contributed by atoms with E-state index < -0.39 is 10.2 Å². The summed E-state index contributed by atoms with van der Waals surface area (Å²) in [6.07, 6.45) is 3.62. The molecule has 3 aromatic carbocycles. The third kappa shape index (κ3) is 7.54. The van der Waals surface area contributed by atoms with E-state index >= 15 is 0 Å². The molecular weight excluding hydrogens is 494 g/mol. The first-order valence-electron chi connectivity index (χ1n) is 12.3. The van der Waals surface area contributed by atoms with Crippen LogP contribution in [0.15, 0.2) is 78.9 Å². The minimum absolute atomic E-state index is 0. The third-order valence-corrected chi connectivity index (χ3v) is 7.51. The number of rotatable bonds is 10. The van der Waals surface area contributed by atoms with Gasteiger partial charge in [0.2, 0.25) is 0 Å². The highest BCUT2D eigenvalue weighted by Gasteiger charge is 2.37. The van der Waals surface area contributed by atoms with E-state index in [1.54, 1.807) is 0 Å². The van der Waals surface area contributed by atoms with Crippen molar-refractivity contribution >= 4 is 22.6 Å². The fourth-order valence-corrected chi connectivity index (χ4v) is 5.45. The van der Waals surface area contributed by atoms with Gasteiger partial charge in [0, 0.05) is 24.5 Å². The van der Waals surface area contributed by atoms with Crippen molar-refractivity contribution in [1.82, 2.24) is 10.0 Å². The lowest BCUT2D eigenvalue weighted by atomic mass is 9.68. The van der Waals surface area contributed by atoms with Crippen LogP contribution < -0.4 is 19.9 Å². The fraction of sp³-hybridized carbons (Fsp3) is 0.357. The number of nitrogens with one attached hydrogen (secondary N) is 2. The molecule has 1 aliphatic carbocycles. The van der Waals surface area contributed by atoms with E-state index in [2.05, 4.69) is 64.6 Å². The number of ether oxygens (including phenoxy) is 1. The summed E-state index contributed by atoms with van der Waals surface area (Å²) < 4.78 is 31.6. The zero-order valence-corrected chi connectivity index (χ0v) is 22.3. The zero-order chi connectivity index (χ0) is 24.7. The van der Waals surface area contributed by atoms with Crippen molar-refractivity contribution in [3.63, 3.8) is 0 Å². The number of benzene rings is 3. The third-order valence-electron chi connectivity index (χ3n) is 6.97. The first kappa shape index (κ1) is 28.2. The standard InChI is InChI=1S/C28H35N3O3S.ClH/c1-2-34-27-10-6-9-25(19-27)28(21-31-35(29,32)33)17-15-26(16-18-28)30-20-22-11-13-24(14-12-22)23-7-4-3-5-8-23;/h3-14,19,26,30-31H,2,15-18,20-21H2,1H3,(H2,29,32,33);1H. The van der Waals surface area contributed by atoms with Gasteiger partial charge < -0.3 is 10.1 Å². The lowest BCUT2D eigenvalue weighted by Gasteiger charge is -2.41. The SMILES string of the molecule is CCOc1cccc(C2(CNS(N)(=O)=O)CCC(NCc3ccc(-c4ccccc4)cc3)CC2)c1.Cl. The van der Waals surface area contributed by atoms with Gasteiger partial charge in [-0.15, -0.1) is 12.4 Å². The van der Waals surface area contributed by atoms with Crippen molar-refractivity contribution in [2.75, 3.05) is 13.2 Å². The summed E-state index contributed by atoms with van der Waals surface area (Å²) in [6.45, 7) is 3.64. The number of hydrogen-bond acceptors (Lipinski definition) is 4. The average Bonchev–Trinajstić information content (AvgIpc) is 2.88. The summed E-state index contributed by atoms with van der Waals surface area (Å²) in [7, 11) is -3.77. The molecule has 36 heavy (non-hydrogen) atoms. The van der Waals surface area contributed by atoms with Crippen LogP contribution in [0.25, 0.3) is 11.1 Å². The van der Waals surface area contributed by atoms with Crippen molar-refractivity contribution in [1.29, 1.82) is 0 Å². The molecule has 4 rings (SSSR count). The Morgan fingerprint density at radius 1 is 0.944 bits per heavy atom. The van der Waals surface area contributed by atoms with Gasteiger partial charge >= 0.3 is 0 Å². The molecule has 1 saturated carbocycles. The van der Waals surface area contributed by atoms with Gasteiger partial charge in [0.05, 0.1) is 6.61 Å². The Hall–Kier alpha value is -2.42. The van der Waals surface area contributed by atoms with Crippen molar-refractivity contribution in [3.05, 3.63) is 90.0 Å². The molecule has 0 unspecified atom stereocenters. The maximum absolute atomic E-state index is 11.7. The summed E-state index contributed by atoms with van der Waals surface area (Å²) in [6, 6.07) is 27.5. The average molecular weight is 530 g/mol. The Balaban J connectivity index is 0.00000361. The van der Waals surface area contributed by atoms with Crippen molar-refractivity contribution in [2.24, 2.45) is 5.14 Å². The highest BCUT2D eigenvalue weighted by atomic mass is 35.5. The molecule has 0 saturated heterocycles. The van der Waals surface area contributed by atoms with Crippen molar-refractivity contribution < 1.29 is 13.2 Å². The molecule has 0 spiro atoms. The molecule has 0 amide bonds. The van der Waals surface area contributed by atoms with E-state index in [0.717, 1.165) is 43.5 Å². The van der Waals surface area contributed by atoms with Crippen LogP contribution in [0.3, 0.4) is 0 Å². The van der Waals surface area contributed by atoms with Crippen molar-refractivity contribution in [3.8, 4) is 16.9 Å². The van der Waals surface area contributed by atoms with Crippen LogP contribution in [-0.4, -0.2) is 27.6 Å². The van der Waals surface area contributed by atoms with E-state index in [0.29, 0.717) is 12.6 Å². The largest absolute Gasteiger partial charge is 0.494 e. The molecular formula is C28H36ClN3O3S. The number of nitrogens with two attached hydrogens (primary N) is 1. The number of halogens is 1. The van der Waals surface area contributed by atoms with E-state index in [-0.39, 0.29) is 24.4 Å². The predicted molar refractivity (Wildman–Crippen MR) is 149 cm³/mol. The first-order valence-corrected chi connectivity index (χ1v) is 13.8. The van der Waals surface area contributed by atoms with E-state index in [4.69, 9.17) is 9.88 Å². The Labute approximate surface area is 221 Å². The summed E-state index contributed by atoms with van der Waals surface area (Å²) >= 11 is 0. The molecule has 0 radical (unpaired) electrons. The van der Waals surface area contributed by atoms with Crippen LogP contribution in [0.4, 0.5) is 0 Å². The van der Waals surface area contributed by atoms with Crippen LogP contribution in [0, 0.1) is 0 Å². The Kier molecular flexibility index (Phi) is 9.93. The summed E-state index contributed by atoms with van der Waals surface area (Å²) in [4.78, 5) is 0. The highest BCUT2D eigenvalue weighted by Crippen LogP contribution is 2.40. The summed E-state index contributed by atoms with van der Waals surface area (Å²) in [5.74, 6) is 0.805. The van der Waals surface area contributed by atoms with E-state index in [1.807, 2.05) is 31.2 Å². The molecule has 6 nitrogen and oxygen atoms in total. The summed E-state index contributed by atoms with van der Waals surface area (Å²) in [5, 5.41) is 8.98. The van der Waals surface area contributed by atoms with Gasteiger partial charge in [0.15, 0.2) is 0 Å².